The minimum absolute atomic E-state index is 0.484. The Morgan fingerprint density at radius 3 is 2.05 bits per heavy atom. The van der Waals surface area contributed by atoms with Gasteiger partial charge in [-0.3, -0.25) is 9.59 Å². The number of nitrogens with zero attached hydrogens (tertiary/aromatic N) is 1. The molecule has 0 spiro atoms. The molecular weight excluding hydrogens is 270 g/mol. The molecule has 0 fully saturated rings. The zero-order valence-electron chi connectivity index (χ0n) is 12.3. The van der Waals surface area contributed by atoms with Gasteiger partial charge in [-0.25, -0.2) is 0 Å². The summed E-state index contributed by atoms with van der Waals surface area (Å²) in [5, 5.41) is 8.83. The molecule has 1 aromatic carbocycles. The molecule has 21 heavy (non-hydrogen) atoms. The highest BCUT2D eigenvalue weighted by atomic mass is 16.5. The molecule has 0 aliphatic heterocycles. The second kappa shape index (κ2) is 6.71. The molecule has 1 unspecified atom stereocenters. The molecule has 0 amide bonds. The maximum Gasteiger partial charge on any atom is 0.321 e. The number of benzene rings is 1. The van der Waals surface area contributed by atoms with Crippen molar-refractivity contribution >= 4 is 11.9 Å². The quantitative estimate of drug-likeness (QED) is 0.470. The summed E-state index contributed by atoms with van der Waals surface area (Å²) in [5.41, 5.74) is 0.143. The summed E-state index contributed by atoms with van der Waals surface area (Å²) in [6, 6.07) is 8.60. The molecule has 1 rings (SSSR count). The zero-order valence-corrected chi connectivity index (χ0v) is 12.3. The standard InChI is InChI=1S/C16H17NO4/c1-5-16(2,12-8-6-11(10-17)7-9-12)13(14(18)20-3)15(19)21-4/h5-9,13H,1H2,2-4H3. The predicted molar refractivity (Wildman–Crippen MR) is 76.2 cm³/mol. The van der Waals surface area contributed by atoms with E-state index in [4.69, 9.17) is 14.7 Å². The number of esters is 2. The number of hydrogen-bond donors (Lipinski definition) is 0. The Bertz CT molecular complexity index is 569. The van der Waals surface area contributed by atoms with Gasteiger partial charge >= 0.3 is 11.9 Å². The fraction of sp³-hybridized carbons (Fsp3) is 0.312. The summed E-state index contributed by atoms with van der Waals surface area (Å²) in [5.74, 6) is -2.57. The van der Waals surface area contributed by atoms with Crippen molar-refractivity contribution in [2.24, 2.45) is 5.92 Å². The smallest absolute Gasteiger partial charge is 0.321 e. The molecule has 1 atom stereocenters. The van der Waals surface area contributed by atoms with Crippen LogP contribution in [0.4, 0.5) is 0 Å². The van der Waals surface area contributed by atoms with Gasteiger partial charge in [0.05, 0.1) is 25.9 Å². The molecule has 0 N–H and O–H groups in total. The Balaban J connectivity index is 3.38. The number of carbonyl (C=O) groups excluding carboxylic acids is 2. The van der Waals surface area contributed by atoms with Crippen LogP contribution in [-0.4, -0.2) is 26.2 Å². The highest BCUT2D eigenvalue weighted by Crippen LogP contribution is 2.35. The van der Waals surface area contributed by atoms with Gasteiger partial charge in [0.25, 0.3) is 0 Å². The van der Waals surface area contributed by atoms with Crippen LogP contribution in [0.1, 0.15) is 18.1 Å². The van der Waals surface area contributed by atoms with Crippen molar-refractivity contribution in [3.8, 4) is 6.07 Å². The molecule has 0 saturated carbocycles. The van der Waals surface area contributed by atoms with Crippen molar-refractivity contribution in [1.82, 2.24) is 0 Å². The molecule has 0 aromatic heterocycles. The van der Waals surface area contributed by atoms with Gasteiger partial charge in [-0.15, -0.1) is 6.58 Å². The van der Waals surface area contributed by atoms with E-state index in [0.29, 0.717) is 11.1 Å². The first-order valence-corrected chi connectivity index (χ1v) is 6.24. The Labute approximate surface area is 123 Å². The van der Waals surface area contributed by atoms with E-state index in [1.54, 1.807) is 31.2 Å². The van der Waals surface area contributed by atoms with E-state index < -0.39 is 23.3 Å². The molecule has 0 radical (unpaired) electrons. The highest BCUT2D eigenvalue weighted by Gasteiger charge is 2.45. The van der Waals surface area contributed by atoms with Gasteiger partial charge in [0.15, 0.2) is 5.92 Å². The number of rotatable bonds is 5. The summed E-state index contributed by atoms with van der Waals surface area (Å²) in [7, 11) is 2.42. The normalized spacial score (nSPS) is 12.9. The number of carbonyl (C=O) groups is 2. The van der Waals surface area contributed by atoms with Gasteiger partial charge in [-0.2, -0.15) is 5.26 Å². The Hall–Kier alpha value is -2.61. The largest absolute Gasteiger partial charge is 0.468 e. The van der Waals surface area contributed by atoms with Crippen LogP contribution in [-0.2, 0) is 24.5 Å². The maximum atomic E-state index is 12.0. The van der Waals surface area contributed by atoms with E-state index >= 15 is 0 Å². The van der Waals surface area contributed by atoms with E-state index in [1.807, 2.05) is 6.07 Å². The van der Waals surface area contributed by atoms with Crippen LogP contribution in [0, 0.1) is 17.2 Å². The van der Waals surface area contributed by atoms with Crippen molar-refractivity contribution in [3.05, 3.63) is 48.0 Å². The number of methoxy groups -OCH3 is 2. The van der Waals surface area contributed by atoms with Gasteiger partial charge in [0.1, 0.15) is 0 Å². The van der Waals surface area contributed by atoms with Crippen LogP contribution in [0.5, 0.6) is 0 Å². The fourth-order valence-corrected chi connectivity index (χ4v) is 2.13. The summed E-state index contributed by atoms with van der Waals surface area (Å²) >= 11 is 0. The van der Waals surface area contributed by atoms with Crippen molar-refractivity contribution in [2.75, 3.05) is 14.2 Å². The third kappa shape index (κ3) is 3.11. The number of nitriles is 1. The fourth-order valence-electron chi connectivity index (χ4n) is 2.13. The second-order valence-electron chi connectivity index (χ2n) is 4.66. The van der Waals surface area contributed by atoms with E-state index in [9.17, 15) is 9.59 Å². The van der Waals surface area contributed by atoms with Crippen molar-refractivity contribution in [1.29, 1.82) is 5.26 Å². The van der Waals surface area contributed by atoms with Gasteiger partial charge in [-0.1, -0.05) is 25.1 Å². The van der Waals surface area contributed by atoms with Crippen LogP contribution in [0.2, 0.25) is 0 Å². The molecule has 0 aliphatic carbocycles. The maximum absolute atomic E-state index is 12.0. The molecule has 0 heterocycles. The van der Waals surface area contributed by atoms with Gasteiger partial charge in [-0.05, 0) is 17.7 Å². The first-order chi connectivity index (χ1) is 9.94. The van der Waals surface area contributed by atoms with Crippen LogP contribution >= 0.6 is 0 Å². The topological polar surface area (TPSA) is 76.4 Å². The minimum Gasteiger partial charge on any atom is -0.468 e. The Kier molecular flexibility index (Phi) is 5.25. The predicted octanol–water partition coefficient (Wildman–Crippen LogP) is 1.96. The van der Waals surface area contributed by atoms with Gasteiger partial charge < -0.3 is 9.47 Å². The minimum atomic E-state index is -1.17. The lowest BCUT2D eigenvalue weighted by Crippen LogP contribution is -2.42. The lowest BCUT2D eigenvalue weighted by atomic mass is 9.71. The van der Waals surface area contributed by atoms with E-state index in [2.05, 4.69) is 6.58 Å². The van der Waals surface area contributed by atoms with Gasteiger partial charge in [0, 0.05) is 5.41 Å². The lowest BCUT2D eigenvalue weighted by Gasteiger charge is -2.31. The molecule has 5 nitrogen and oxygen atoms in total. The molecule has 5 heteroatoms. The second-order valence-corrected chi connectivity index (χ2v) is 4.66. The van der Waals surface area contributed by atoms with Crippen molar-refractivity contribution < 1.29 is 19.1 Å². The molecule has 0 bridgehead atoms. The first kappa shape index (κ1) is 16.4. The first-order valence-electron chi connectivity index (χ1n) is 6.24. The SMILES string of the molecule is C=CC(C)(c1ccc(C#N)cc1)C(C(=O)OC)C(=O)OC. The van der Waals surface area contributed by atoms with E-state index in [0.717, 1.165) is 0 Å². The summed E-state index contributed by atoms with van der Waals surface area (Å²) < 4.78 is 9.42. The molecule has 110 valence electrons. The third-order valence-electron chi connectivity index (χ3n) is 3.53. The monoisotopic (exact) mass is 287 g/mol. The summed E-state index contributed by atoms with van der Waals surface area (Å²) in [6.07, 6.45) is 1.51. The Morgan fingerprint density at radius 2 is 1.71 bits per heavy atom. The van der Waals surface area contributed by atoms with Crippen LogP contribution < -0.4 is 0 Å². The van der Waals surface area contributed by atoms with Crippen molar-refractivity contribution in [3.63, 3.8) is 0 Å². The van der Waals surface area contributed by atoms with Crippen LogP contribution in [0.15, 0.2) is 36.9 Å². The summed E-state index contributed by atoms with van der Waals surface area (Å²) in [4.78, 5) is 24.0. The third-order valence-corrected chi connectivity index (χ3v) is 3.53. The molecule has 0 aliphatic rings. The number of ether oxygens (including phenoxy) is 2. The number of hydrogen-bond acceptors (Lipinski definition) is 5. The van der Waals surface area contributed by atoms with E-state index in [1.165, 1.54) is 20.3 Å². The van der Waals surface area contributed by atoms with Crippen LogP contribution in [0.3, 0.4) is 0 Å². The molecule has 0 saturated heterocycles. The van der Waals surface area contributed by atoms with Gasteiger partial charge in [0.2, 0.25) is 0 Å². The average Bonchev–Trinajstić information content (AvgIpc) is 2.54. The summed E-state index contributed by atoms with van der Waals surface area (Å²) in [6.45, 7) is 5.42. The number of allylic oxidation sites excluding steroid dienone is 1. The van der Waals surface area contributed by atoms with Crippen molar-refractivity contribution in [2.45, 2.75) is 12.3 Å². The Morgan fingerprint density at radius 1 is 1.24 bits per heavy atom. The van der Waals surface area contributed by atoms with Crippen LogP contribution in [0.25, 0.3) is 0 Å². The molecule has 1 aromatic rings. The lowest BCUT2D eigenvalue weighted by molar-refractivity contribution is -0.161. The highest BCUT2D eigenvalue weighted by molar-refractivity contribution is 5.97. The average molecular weight is 287 g/mol. The zero-order chi connectivity index (χ0) is 16.0. The molecular formula is C16H17NO4. The van der Waals surface area contributed by atoms with E-state index in [-0.39, 0.29) is 0 Å².